The van der Waals surface area contributed by atoms with Crippen LogP contribution in [-0.2, 0) is 4.79 Å². The maximum absolute atomic E-state index is 12.3. The molecular formula is C15H16BrN3O3. The number of carbonyl (C=O) groups is 2. The Balaban J connectivity index is 2.25. The largest absolute Gasteiger partial charge is 0.480 e. The molecule has 2 rings (SSSR count). The zero-order valence-electron chi connectivity index (χ0n) is 12.1. The topological polar surface area (TPSA) is 95.1 Å². The third-order valence-electron chi connectivity index (χ3n) is 3.20. The Bertz CT molecular complexity index is 683. The first-order valence-corrected chi connectivity index (χ1v) is 7.54. The number of nitrogens with zero attached hydrogens (tertiary/aromatic N) is 1. The number of nitrogens with one attached hydrogen (secondary N) is 2. The summed E-state index contributed by atoms with van der Waals surface area (Å²) in [6.45, 7) is 3.47. The number of aliphatic carboxylic acids is 1. The van der Waals surface area contributed by atoms with Gasteiger partial charge in [-0.1, -0.05) is 44.2 Å². The first-order chi connectivity index (χ1) is 10.4. The monoisotopic (exact) mass is 365 g/mol. The zero-order chi connectivity index (χ0) is 16.3. The number of rotatable bonds is 5. The Kier molecular flexibility index (Phi) is 4.97. The molecule has 0 aliphatic heterocycles. The molecular weight excluding hydrogens is 350 g/mol. The van der Waals surface area contributed by atoms with Gasteiger partial charge in [-0.05, 0) is 21.8 Å². The molecule has 1 heterocycles. The highest BCUT2D eigenvalue weighted by atomic mass is 79.9. The van der Waals surface area contributed by atoms with Gasteiger partial charge in [-0.2, -0.15) is 5.10 Å². The van der Waals surface area contributed by atoms with E-state index < -0.39 is 17.9 Å². The second-order valence-electron chi connectivity index (χ2n) is 5.16. The van der Waals surface area contributed by atoms with Crippen LogP contribution in [0, 0.1) is 5.92 Å². The number of halogens is 1. The maximum Gasteiger partial charge on any atom is 0.326 e. The maximum atomic E-state index is 12.3. The third kappa shape index (κ3) is 3.36. The first-order valence-electron chi connectivity index (χ1n) is 6.74. The van der Waals surface area contributed by atoms with Gasteiger partial charge in [0.15, 0.2) is 0 Å². The lowest BCUT2D eigenvalue weighted by Gasteiger charge is -2.17. The molecule has 1 aromatic carbocycles. The molecule has 0 saturated carbocycles. The van der Waals surface area contributed by atoms with Crippen LogP contribution in [0.5, 0.6) is 0 Å². The second kappa shape index (κ2) is 6.74. The lowest BCUT2D eigenvalue weighted by Crippen LogP contribution is -2.44. The molecule has 3 N–H and O–H groups in total. The molecule has 22 heavy (non-hydrogen) atoms. The van der Waals surface area contributed by atoms with Gasteiger partial charge < -0.3 is 10.4 Å². The molecule has 0 aliphatic carbocycles. The van der Waals surface area contributed by atoms with Crippen LogP contribution >= 0.6 is 15.9 Å². The molecule has 0 spiro atoms. The summed E-state index contributed by atoms with van der Waals surface area (Å²) in [6.07, 6.45) is 0. The van der Waals surface area contributed by atoms with Crippen LogP contribution in [0.2, 0.25) is 0 Å². The lowest BCUT2D eigenvalue weighted by atomic mass is 10.0. The summed E-state index contributed by atoms with van der Waals surface area (Å²) in [7, 11) is 0. The summed E-state index contributed by atoms with van der Waals surface area (Å²) in [5.74, 6) is -1.80. The van der Waals surface area contributed by atoms with E-state index in [4.69, 9.17) is 5.11 Å². The van der Waals surface area contributed by atoms with Gasteiger partial charge in [0.25, 0.3) is 5.91 Å². The average Bonchev–Trinajstić information content (AvgIpc) is 2.86. The summed E-state index contributed by atoms with van der Waals surface area (Å²) in [6, 6.07) is 8.42. The van der Waals surface area contributed by atoms with Gasteiger partial charge in [0.2, 0.25) is 0 Å². The van der Waals surface area contributed by atoms with E-state index in [9.17, 15) is 9.59 Å². The summed E-state index contributed by atoms with van der Waals surface area (Å²) < 4.78 is 0.504. The molecule has 0 radical (unpaired) electrons. The molecule has 116 valence electrons. The normalized spacial score (nSPS) is 12.2. The van der Waals surface area contributed by atoms with E-state index in [-0.39, 0.29) is 11.6 Å². The fourth-order valence-corrected chi connectivity index (χ4v) is 2.58. The van der Waals surface area contributed by atoms with Gasteiger partial charge in [-0.3, -0.25) is 9.89 Å². The van der Waals surface area contributed by atoms with Crippen molar-refractivity contribution < 1.29 is 14.7 Å². The van der Waals surface area contributed by atoms with Crippen LogP contribution in [0.25, 0.3) is 11.3 Å². The Morgan fingerprint density at radius 2 is 1.91 bits per heavy atom. The van der Waals surface area contributed by atoms with Gasteiger partial charge in [-0.25, -0.2) is 4.79 Å². The van der Waals surface area contributed by atoms with Crippen molar-refractivity contribution in [2.45, 2.75) is 19.9 Å². The van der Waals surface area contributed by atoms with Crippen LogP contribution in [0.1, 0.15) is 24.3 Å². The van der Waals surface area contributed by atoms with Crippen molar-refractivity contribution in [3.63, 3.8) is 0 Å². The highest BCUT2D eigenvalue weighted by Gasteiger charge is 2.26. The fraction of sp³-hybridized carbons (Fsp3) is 0.267. The molecule has 1 amide bonds. The summed E-state index contributed by atoms with van der Waals surface area (Å²) >= 11 is 3.35. The Labute approximate surface area is 136 Å². The minimum absolute atomic E-state index is 0.200. The summed E-state index contributed by atoms with van der Waals surface area (Å²) in [4.78, 5) is 23.4. The number of aromatic nitrogens is 2. The van der Waals surface area contributed by atoms with Gasteiger partial charge >= 0.3 is 5.97 Å². The SMILES string of the molecule is CC(C)C(NC(=O)c1[nH]nc(-c2ccccc2)c1Br)C(=O)O. The van der Waals surface area contributed by atoms with Crippen molar-refractivity contribution in [1.29, 1.82) is 0 Å². The van der Waals surface area contributed by atoms with Crippen molar-refractivity contribution in [2.24, 2.45) is 5.92 Å². The molecule has 6 nitrogen and oxygen atoms in total. The minimum atomic E-state index is -1.07. The molecule has 1 aromatic heterocycles. The molecule has 0 bridgehead atoms. The van der Waals surface area contributed by atoms with Crippen molar-refractivity contribution in [3.8, 4) is 11.3 Å². The van der Waals surface area contributed by atoms with Crippen LogP contribution in [0.15, 0.2) is 34.8 Å². The summed E-state index contributed by atoms with van der Waals surface area (Å²) in [5, 5.41) is 18.4. The molecule has 1 atom stereocenters. The molecule has 2 aromatic rings. The number of carboxylic acid groups (broad SMARTS) is 1. The number of hydrogen-bond acceptors (Lipinski definition) is 3. The van der Waals surface area contributed by atoms with E-state index in [1.165, 1.54) is 0 Å². The van der Waals surface area contributed by atoms with Crippen LogP contribution < -0.4 is 5.32 Å². The Morgan fingerprint density at radius 3 is 2.45 bits per heavy atom. The first kappa shape index (κ1) is 16.2. The Morgan fingerprint density at radius 1 is 1.27 bits per heavy atom. The molecule has 7 heteroatoms. The predicted molar refractivity (Wildman–Crippen MR) is 85.5 cm³/mol. The fourth-order valence-electron chi connectivity index (χ4n) is 1.99. The van der Waals surface area contributed by atoms with E-state index in [1.54, 1.807) is 13.8 Å². The van der Waals surface area contributed by atoms with E-state index in [2.05, 4.69) is 31.4 Å². The van der Waals surface area contributed by atoms with Crippen molar-refractivity contribution >= 4 is 27.8 Å². The van der Waals surface area contributed by atoms with E-state index >= 15 is 0 Å². The molecule has 0 fully saturated rings. The van der Waals surface area contributed by atoms with Crippen LogP contribution in [0.4, 0.5) is 0 Å². The lowest BCUT2D eigenvalue weighted by molar-refractivity contribution is -0.140. The number of H-pyrrole nitrogens is 1. The number of carbonyl (C=O) groups excluding carboxylic acids is 1. The average molecular weight is 366 g/mol. The number of benzene rings is 1. The van der Waals surface area contributed by atoms with Gasteiger partial charge in [-0.15, -0.1) is 0 Å². The number of aromatic amines is 1. The molecule has 0 aliphatic rings. The quantitative estimate of drug-likeness (QED) is 0.758. The predicted octanol–water partition coefficient (Wildman–Crippen LogP) is 2.68. The minimum Gasteiger partial charge on any atom is -0.480 e. The number of hydrogen-bond donors (Lipinski definition) is 3. The van der Waals surface area contributed by atoms with Gasteiger partial charge in [0.1, 0.15) is 17.4 Å². The van der Waals surface area contributed by atoms with Crippen molar-refractivity contribution in [1.82, 2.24) is 15.5 Å². The van der Waals surface area contributed by atoms with Gasteiger partial charge in [0.05, 0.1) is 4.47 Å². The summed E-state index contributed by atoms with van der Waals surface area (Å²) in [5.41, 5.74) is 1.65. The zero-order valence-corrected chi connectivity index (χ0v) is 13.7. The second-order valence-corrected chi connectivity index (χ2v) is 5.95. The van der Waals surface area contributed by atoms with E-state index in [0.717, 1.165) is 5.56 Å². The smallest absolute Gasteiger partial charge is 0.326 e. The van der Waals surface area contributed by atoms with Crippen LogP contribution in [0.3, 0.4) is 0 Å². The number of carboxylic acids is 1. The molecule has 0 saturated heterocycles. The Hall–Kier alpha value is -2.15. The standard InChI is InChI=1S/C15H16BrN3O3/c1-8(2)11(15(21)22)17-14(20)13-10(16)12(18-19-13)9-6-4-3-5-7-9/h3-8,11H,1-2H3,(H,17,20)(H,18,19)(H,21,22). The van der Waals surface area contributed by atoms with Crippen LogP contribution in [-0.4, -0.2) is 33.2 Å². The highest BCUT2D eigenvalue weighted by molar-refractivity contribution is 9.10. The molecule has 1 unspecified atom stereocenters. The van der Waals surface area contributed by atoms with Crippen molar-refractivity contribution in [3.05, 3.63) is 40.5 Å². The number of amides is 1. The van der Waals surface area contributed by atoms with E-state index in [1.807, 2.05) is 30.3 Å². The highest BCUT2D eigenvalue weighted by Crippen LogP contribution is 2.28. The van der Waals surface area contributed by atoms with Crippen molar-refractivity contribution in [2.75, 3.05) is 0 Å². The third-order valence-corrected chi connectivity index (χ3v) is 3.97. The van der Waals surface area contributed by atoms with E-state index in [0.29, 0.717) is 10.2 Å². The van der Waals surface area contributed by atoms with Gasteiger partial charge in [0, 0.05) is 5.56 Å².